The molecule has 0 fully saturated rings. The molecule has 0 unspecified atom stereocenters. The van der Waals surface area contributed by atoms with Crippen LogP contribution in [0.2, 0.25) is 5.02 Å². The summed E-state index contributed by atoms with van der Waals surface area (Å²) in [7, 11) is 3.02. The van der Waals surface area contributed by atoms with E-state index in [1.54, 1.807) is 26.1 Å². The molecule has 0 radical (unpaired) electrons. The van der Waals surface area contributed by atoms with Gasteiger partial charge in [-0.05, 0) is 31.5 Å². The molecule has 7 nitrogen and oxygen atoms in total. The van der Waals surface area contributed by atoms with E-state index >= 15 is 0 Å². The summed E-state index contributed by atoms with van der Waals surface area (Å²) in [5, 5.41) is 3.43. The van der Waals surface area contributed by atoms with Crippen molar-refractivity contribution in [3.63, 3.8) is 0 Å². The highest BCUT2D eigenvalue weighted by molar-refractivity contribution is 8.15. The van der Waals surface area contributed by atoms with Crippen LogP contribution >= 0.6 is 23.4 Å². The minimum atomic E-state index is -0.862. The number of carbonyl (C=O) groups is 1. The average Bonchev–Trinajstić information content (AvgIpc) is 2.68. The van der Waals surface area contributed by atoms with Crippen LogP contribution in [0.25, 0.3) is 0 Å². The molecular formula is C18H21ClFN5O2S. The zero-order valence-corrected chi connectivity index (χ0v) is 17.3. The van der Waals surface area contributed by atoms with Gasteiger partial charge < -0.3 is 15.8 Å². The van der Waals surface area contributed by atoms with Crippen LogP contribution in [0.1, 0.15) is 23.0 Å². The molecule has 0 bridgehead atoms. The third kappa shape index (κ3) is 5.80. The standard InChI is InChI=1S/C18H21ClFN5O2S/c1-18(10-20,28-17(21)22-2)7-11-6-13(9-24-16(11)27-3)25-15(26)14-5-4-12(19)8-23-14/h4-6,8-9H,7,10H2,1-3H3,(H2,21,22)(H,25,26)/t18-/m1/s1. The van der Waals surface area contributed by atoms with Crippen molar-refractivity contribution in [1.82, 2.24) is 9.97 Å². The van der Waals surface area contributed by atoms with Crippen molar-refractivity contribution < 1.29 is 13.9 Å². The maximum atomic E-state index is 13.7. The van der Waals surface area contributed by atoms with E-state index in [1.807, 2.05) is 0 Å². The second-order valence-electron chi connectivity index (χ2n) is 6.13. The number of rotatable bonds is 7. The van der Waals surface area contributed by atoms with Gasteiger partial charge in [-0.2, -0.15) is 0 Å². The van der Waals surface area contributed by atoms with E-state index in [4.69, 9.17) is 22.1 Å². The van der Waals surface area contributed by atoms with Crippen molar-refractivity contribution in [3.8, 4) is 5.88 Å². The number of amides is 1. The molecule has 3 N–H and O–H groups in total. The largest absolute Gasteiger partial charge is 0.481 e. The van der Waals surface area contributed by atoms with Gasteiger partial charge in [-0.25, -0.2) is 14.4 Å². The summed E-state index contributed by atoms with van der Waals surface area (Å²) >= 11 is 6.92. The predicted octanol–water partition coefficient (Wildman–Crippen LogP) is 3.34. The topological polar surface area (TPSA) is 102 Å². The predicted molar refractivity (Wildman–Crippen MR) is 111 cm³/mol. The van der Waals surface area contributed by atoms with Gasteiger partial charge in [0.25, 0.3) is 5.91 Å². The van der Waals surface area contributed by atoms with Crippen molar-refractivity contribution in [1.29, 1.82) is 0 Å². The Hall–Kier alpha value is -2.39. The molecule has 0 aliphatic carbocycles. The van der Waals surface area contributed by atoms with E-state index in [-0.39, 0.29) is 17.3 Å². The molecule has 1 atom stereocenters. The van der Waals surface area contributed by atoms with Gasteiger partial charge in [0.2, 0.25) is 5.88 Å². The number of amidine groups is 1. The first kappa shape index (κ1) is 21.9. The monoisotopic (exact) mass is 425 g/mol. The molecule has 150 valence electrons. The Morgan fingerprint density at radius 3 is 2.75 bits per heavy atom. The number of nitrogens with two attached hydrogens (primary N) is 1. The van der Waals surface area contributed by atoms with E-state index in [0.29, 0.717) is 22.2 Å². The summed E-state index contributed by atoms with van der Waals surface area (Å²) in [6.07, 6.45) is 3.11. The number of aliphatic imine (C=N–C) groups is 1. The van der Waals surface area contributed by atoms with Crippen LogP contribution in [-0.4, -0.2) is 46.6 Å². The Morgan fingerprint density at radius 2 is 2.18 bits per heavy atom. The van der Waals surface area contributed by atoms with Gasteiger partial charge in [0.1, 0.15) is 12.4 Å². The fourth-order valence-electron chi connectivity index (χ4n) is 2.39. The molecule has 1 amide bonds. The van der Waals surface area contributed by atoms with Crippen LogP contribution in [0.15, 0.2) is 35.6 Å². The quantitative estimate of drug-likeness (QED) is 0.521. The Kier molecular flexibility index (Phi) is 7.59. The summed E-state index contributed by atoms with van der Waals surface area (Å²) in [6, 6.07) is 4.78. The number of carbonyl (C=O) groups excluding carboxylic acids is 1. The third-order valence-corrected chi connectivity index (χ3v) is 5.12. The highest BCUT2D eigenvalue weighted by Gasteiger charge is 2.29. The molecule has 10 heteroatoms. The first-order valence-electron chi connectivity index (χ1n) is 8.23. The summed E-state index contributed by atoms with van der Waals surface area (Å²) < 4.78 is 18.2. The van der Waals surface area contributed by atoms with E-state index < -0.39 is 17.3 Å². The fraction of sp³-hybridized carbons (Fsp3) is 0.333. The van der Waals surface area contributed by atoms with Crippen molar-refractivity contribution in [2.75, 3.05) is 26.1 Å². The molecular weight excluding hydrogens is 405 g/mol. The lowest BCUT2D eigenvalue weighted by molar-refractivity contribution is 0.102. The highest BCUT2D eigenvalue weighted by Crippen LogP contribution is 2.33. The number of ether oxygens (including phenoxy) is 1. The first-order valence-corrected chi connectivity index (χ1v) is 9.42. The fourth-order valence-corrected chi connectivity index (χ4v) is 3.38. The van der Waals surface area contributed by atoms with E-state index in [0.717, 1.165) is 11.8 Å². The lowest BCUT2D eigenvalue weighted by Gasteiger charge is -2.26. The maximum absolute atomic E-state index is 13.7. The molecule has 0 aliphatic heterocycles. The van der Waals surface area contributed by atoms with E-state index in [2.05, 4.69) is 20.3 Å². The lowest BCUT2D eigenvalue weighted by Crippen LogP contribution is -2.30. The van der Waals surface area contributed by atoms with Gasteiger partial charge in [-0.3, -0.25) is 9.79 Å². The molecule has 2 rings (SSSR count). The van der Waals surface area contributed by atoms with Crippen molar-refractivity contribution in [2.45, 2.75) is 18.1 Å². The van der Waals surface area contributed by atoms with Crippen molar-refractivity contribution in [2.24, 2.45) is 10.7 Å². The summed E-state index contributed by atoms with van der Waals surface area (Å²) in [4.78, 5) is 24.4. The van der Waals surface area contributed by atoms with Gasteiger partial charge in [0, 0.05) is 18.8 Å². The number of halogens is 2. The van der Waals surface area contributed by atoms with Gasteiger partial charge in [-0.1, -0.05) is 23.4 Å². The Morgan fingerprint density at radius 1 is 1.43 bits per heavy atom. The molecule has 0 saturated heterocycles. The zero-order chi connectivity index (χ0) is 20.7. The van der Waals surface area contributed by atoms with Gasteiger partial charge in [0.15, 0.2) is 5.17 Å². The number of alkyl halides is 1. The average molecular weight is 426 g/mol. The number of thioether (sulfide) groups is 1. The molecule has 0 saturated carbocycles. The number of anilines is 1. The molecule has 2 aromatic heterocycles. The Bertz CT molecular complexity index is 866. The first-order chi connectivity index (χ1) is 13.3. The van der Waals surface area contributed by atoms with Gasteiger partial charge in [0.05, 0.1) is 28.8 Å². The SMILES string of the molecule is CN=C(N)S[C@@](C)(CF)Cc1cc(NC(=O)c2ccc(Cl)cn2)cnc1OC. The highest BCUT2D eigenvalue weighted by atomic mass is 35.5. The summed E-state index contributed by atoms with van der Waals surface area (Å²) in [5.41, 5.74) is 7.02. The van der Waals surface area contributed by atoms with Crippen LogP contribution in [-0.2, 0) is 6.42 Å². The molecule has 0 aliphatic rings. The number of hydrogen-bond acceptors (Lipinski definition) is 6. The van der Waals surface area contributed by atoms with E-state index in [1.165, 1.54) is 25.6 Å². The van der Waals surface area contributed by atoms with Gasteiger partial charge >= 0.3 is 0 Å². The number of nitrogens with one attached hydrogen (secondary N) is 1. The van der Waals surface area contributed by atoms with E-state index in [9.17, 15) is 9.18 Å². The second kappa shape index (κ2) is 9.70. The number of aromatic nitrogens is 2. The smallest absolute Gasteiger partial charge is 0.274 e. The summed E-state index contributed by atoms with van der Waals surface area (Å²) in [5.74, 6) is -0.0746. The third-order valence-electron chi connectivity index (χ3n) is 3.75. The van der Waals surface area contributed by atoms with Gasteiger partial charge in [-0.15, -0.1) is 0 Å². The minimum absolute atomic E-state index is 0.206. The number of methoxy groups -OCH3 is 1. The minimum Gasteiger partial charge on any atom is -0.481 e. The lowest BCUT2D eigenvalue weighted by atomic mass is 10.0. The molecule has 2 aromatic rings. The van der Waals surface area contributed by atoms with Crippen LogP contribution in [0, 0.1) is 0 Å². The van der Waals surface area contributed by atoms with Crippen LogP contribution in [0.4, 0.5) is 10.1 Å². The number of pyridine rings is 2. The van der Waals surface area contributed by atoms with Crippen LogP contribution in [0.3, 0.4) is 0 Å². The Balaban J connectivity index is 2.25. The molecule has 2 heterocycles. The van der Waals surface area contributed by atoms with Crippen molar-refractivity contribution in [3.05, 3.63) is 46.9 Å². The molecule has 0 aromatic carbocycles. The molecule has 0 spiro atoms. The number of hydrogen-bond donors (Lipinski definition) is 2. The summed E-state index contributed by atoms with van der Waals surface area (Å²) in [6.45, 7) is 1.10. The van der Waals surface area contributed by atoms with Crippen LogP contribution < -0.4 is 15.8 Å². The normalized spacial score (nSPS) is 13.7. The molecule has 28 heavy (non-hydrogen) atoms. The Labute approximate surface area is 171 Å². The zero-order valence-electron chi connectivity index (χ0n) is 15.7. The van der Waals surface area contributed by atoms with Crippen LogP contribution in [0.5, 0.6) is 5.88 Å². The second-order valence-corrected chi connectivity index (χ2v) is 8.18. The number of nitrogens with zero attached hydrogens (tertiary/aromatic N) is 3. The van der Waals surface area contributed by atoms with Crippen molar-refractivity contribution >= 4 is 40.1 Å². The maximum Gasteiger partial charge on any atom is 0.274 e.